The van der Waals surface area contributed by atoms with Crippen molar-refractivity contribution in [1.29, 1.82) is 0 Å². The Morgan fingerprint density at radius 1 is 0.682 bits per heavy atom. The Balaban J connectivity index is 2.04. The first-order chi connectivity index (χ1) is 10.1. The molecule has 0 radical (unpaired) electrons. The van der Waals surface area contributed by atoms with Crippen molar-refractivity contribution in [2.24, 2.45) is 5.92 Å². The van der Waals surface area contributed by atoms with Gasteiger partial charge in [-0.15, -0.1) is 0 Å². The van der Waals surface area contributed by atoms with Gasteiger partial charge in [-0.25, -0.2) is 26.3 Å². The van der Waals surface area contributed by atoms with E-state index < -0.39 is 80.8 Å². The van der Waals surface area contributed by atoms with Crippen LogP contribution >= 0.6 is 0 Å². The monoisotopic (exact) mass is 340 g/mol. The highest BCUT2D eigenvalue weighted by Crippen LogP contribution is 2.44. The summed E-state index contributed by atoms with van der Waals surface area (Å²) in [5, 5.41) is 0. The smallest absolute Gasteiger partial charge is 0.317 e. The topological polar surface area (TPSA) is 9.23 Å². The predicted molar refractivity (Wildman–Crippen MR) is 61.2 cm³/mol. The van der Waals surface area contributed by atoms with Gasteiger partial charge in [0.05, 0.1) is 6.10 Å². The highest BCUT2D eigenvalue weighted by Gasteiger charge is 2.56. The second kappa shape index (κ2) is 6.49. The van der Waals surface area contributed by atoms with Gasteiger partial charge in [0, 0.05) is 25.7 Å². The molecule has 0 spiro atoms. The fourth-order valence-electron chi connectivity index (χ4n) is 3.01. The van der Waals surface area contributed by atoms with Crippen molar-refractivity contribution in [1.82, 2.24) is 0 Å². The normalized spacial score (nSPS) is 47.5. The van der Waals surface area contributed by atoms with E-state index in [2.05, 4.69) is 4.74 Å². The van der Waals surface area contributed by atoms with Gasteiger partial charge in [0.15, 0.2) is 6.17 Å². The maximum absolute atomic E-state index is 13.9. The lowest BCUT2D eigenvalue weighted by atomic mass is 9.83. The van der Waals surface area contributed by atoms with Gasteiger partial charge < -0.3 is 4.74 Å². The van der Waals surface area contributed by atoms with Crippen LogP contribution in [0.25, 0.3) is 0 Å². The van der Waals surface area contributed by atoms with Crippen LogP contribution < -0.4 is 0 Å². The summed E-state index contributed by atoms with van der Waals surface area (Å²) in [6, 6.07) is 0. The molecular weight excluding hydrogens is 324 g/mol. The fourth-order valence-corrected chi connectivity index (χ4v) is 3.01. The SMILES string of the molecule is FC1CC(F)C(C(F)(F)OC2CC(F)C(F)C(F)C2)C(F)C1. The molecule has 2 aliphatic rings. The molecule has 1 nitrogen and oxygen atoms in total. The zero-order chi connectivity index (χ0) is 16.7. The molecule has 0 N–H and O–H groups in total. The van der Waals surface area contributed by atoms with Gasteiger partial charge in [-0.3, -0.25) is 0 Å². The Bertz CT molecular complexity index is 357. The van der Waals surface area contributed by atoms with Crippen LogP contribution in [-0.4, -0.2) is 49.2 Å². The molecule has 0 heterocycles. The Morgan fingerprint density at radius 3 is 1.59 bits per heavy atom. The van der Waals surface area contributed by atoms with Crippen molar-refractivity contribution >= 4 is 0 Å². The van der Waals surface area contributed by atoms with E-state index in [1.54, 1.807) is 0 Å². The molecule has 0 aromatic rings. The average Bonchev–Trinajstić information content (AvgIpc) is 2.33. The van der Waals surface area contributed by atoms with Gasteiger partial charge in [0.1, 0.15) is 36.8 Å². The molecule has 0 saturated heterocycles. The first kappa shape index (κ1) is 17.7. The molecule has 130 valence electrons. The molecule has 0 aromatic carbocycles. The van der Waals surface area contributed by atoms with Crippen molar-refractivity contribution in [3.63, 3.8) is 0 Å². The lowest BCUT2D eigenvalue weighted by Gasteiger charge is -2.39. The quantitative estimate of drug-likeness (QED) is 0.700. The highest BCUT2D eigenvalue weighted by molar-refractivity contribution is 4.93. The van der Waals surface area contributed by atoms with Gasteiger partial charge in [-0.2, -0.15) is 8.78 Å². The van der Waals surface area contributed by atoms with Crippen molar-refractivity contribution in [3.8, 4) is 0 Å². The van der Waals surface area contributed by atoms with E-state index in [1.807, 2.05) is 0 Å². The molecule has 4 unspecified atom stereocenters. The molecule has 4 atom stereocenters. The molecule has 2 aliphatic carbocycles. The molecule has 0 bridgehead atoms. The number of rotatable bonds is 3. The van der Waals surface area contributed by atoms with Gasteiger partial charge in [-0.1, -0.05) is 0 Å². The fraction of sp³-hybridized carbons (Fsp3) is 1.00. The third-order valence-electron chi connectivity index (χ3n) is 4.12. The third kappa shape index (κ3) is 3.65. The number of hydrogen-bond donors (Lipinski definition) is 0. The van der Waals surface area contributed by atoms with E-state index in [9.17, 15) is 35.1 Å². The molecule has 0 amide bonds. The minimum absolute atomic E-state index is 0.830. The van der Waals surface area contributed by atoms with Crippen LogP contribution in [0.5, 0.6) is 0 Å². The summed E-state index contributed by atoms with van der Waals surface area (Å²) in [5.41, 5.74) is 0. The second-order valence-electron chi connectivity index (χ2n) is 5.88. The van der Waals surface area contributed by atoms with Crippen LogP contribution in [0.1, 0.15) is 25.7 Å². The van der Waals surface area contributed by atoms with Gasteiger partial charge in [-0.05, 0) is 0 Å². The number of hydrogen-bond acceptors (Lipinski definition) is 1. The van der Waals surface area contributed by atoms with Gasteiger partial charge in [0.25, 0.3) is 0 Å². The summed E-state index contributed by atoms with van der Waals surface area (Å²) < 4.78 is 111. The van der Waals surface area contributed by atoms with E-state index in [4.69, 9.17) is 0 Å². The summed E-state index contributed by atoms with van der Waals surface area (Å²) in [6.07, 6.45) is -23.4. The predicted octanol–water partition coefficient (Wildman–Crippen LogP) is 4.20. The molecule has 9 heteroatoms. The Labute approximate surface area is 122 Å². The second-order valence-corrected chi connectivity index (χ2v) is 5.88. The molecular formula is C13H16F8O. The number of halogens is 8. The number of ether oxygens (including phenoxy) is 1. The molecule has 2 rings (SSSR count). The zero-order valence-electron chi connectivity index (χ0n) is 11.4. The van der Waals surface area contributed by atoms with Gasteiger partial charge in [0.2, 0.25) is 0 Å². The standard InChI is InChI=1S/C13H16F8O/c14-5-1-7(15)11(8(16)2-5)13(20,21)22-6-3-9(17)12(19)10(18)4-6/h5-12H,1-4H2. The summed E-state index contributed by atoms with van der Waals surface area (Å²) >= 11 is 0. The van der Waals surface area contributed by atoms with E-state index in [0.717, 1.165) is 0 Å². The van der Waals surface area contributed by atoms with Crippen LogP contribution in [0.2, 0.25) is 0 Å². The maximum Gasteiger partial charge on any atom is 0.364 e. The van der Waals surface area contributed by atoms with Crippen molar-refractivity contribution in [2.75, 3.05) is 0 Å². The highest BCUT2D eigenvalue weighted by atomic mass is 19.3. The number of alkyl halides is 8. The lowest BCUT2D eigenvalue weighted by molar-refractivity contribution is -0.322. The molecule has 22 heavy (non-hydrogen) atoms. The largest absolute Gasteiger partial charge is 0.364 e. The van der Waals surface area contributed by atoms with Crippen molar-refractivity contribution < 1.29 is 39.9 Å². The summed E-state index contributed by atoms with van der Waals surface area (Å²) in [6.45, 7) is 0. The van der Waals surface area contributed by atoms with Crippen LogP contribution in [-0.2, 0) is 4.74 Å². The van der Waals surface area contributed by atoms with E-state index in [-0.39, 0.29) is 0 Å². The molecule has 0 aliphatic heterocycles. The first-order valence-corrected chi connectivity index (χ1v) is 7.02. The zero-order valence-corrected chi connectivity index (χ0v) is 11.4. The van der Waals surface area contributed by atoms with Crippen LogP contribution in [0.3, 0.4) is 0 Å². The van der Waals surface area contributed by atoms with Crippen LogP contribution in [0.4, 0.5) is 35.1 Å². The molecule has 0 aromatic heterocycles. The minimum atomic E-state index is -4.35. The minimum Gasteiger partial charge on any atom is -0.317 e. The van der Waals surface area contributed by atoms with Crippen molar-refractivity contribution in [3.05, 3.63) is 0 Å². The maximum atomic E-state index is 13.9. The van der Waals surface area contributed by atoms with E-state index in [0.29, 0.717) is 0 Å². The summed E-state index contributed by atoms with van der Waals surface area (Å²) in [7, 11) is 0. The Morgan fingerprint density at radius 2 is 1.14 bits per heavy atom. The molecule has 2 saturated carbocycles. The lowest BCUT2D eigenvalue weighted by Crippen LogP contribution is -2.51. The average molecular weight is 340 g/mol. The van der Waals surface area contributed by atoms with E-state index >= 15 is 0 Å². The molecule has 2 fully saturated rings. The van der Waals surface area contributed by atoms with Crippen LogP contribution in [0.15, 0.2) is 0 Å². The first-order valence-electron chi connectivity index (χ1n) is 7.02. The third-order valence-corrected chi connectivity index (χ3v) is 4.12. The van der Waals surface area contributed by atoms with Crippen molar-refractivity contribution in [2.45, 2.75) is 74.9 Å². The Hall–Kier alpha value is -0.600. The van der Waals surface area contributed by atoms with Gasteiger partial charge >= 0.3 is 6.11 Å². The summed E-state index contributed by atoms with van der Waals surface area (Å²) in [5.74, 6) is -2.54. The Kier molecular flexibility index (Phi) is 5.23. The summed E-state index contributed by atoms with van der Waals surface area (Å²) in [4.78, 5) is 0. The van der Waals surface area contributed by atoms with E-state index in [1.165, 1.54) is 0 Å². The van der Waals surface area contributed by atoms with Crippen LogP contribution in [0, 0.1) is 5.92 Å².